The van der Waals surface area contributed by atoms with Crippen LogP contribution in [0.2, 0.25) is 0 Å². The molecule has 0 radical (unpaired) electrons. The molecule has 1 atom stereocenters. The maximum absolute atomic E-state index is 12.6. The van der Waals surface area contributed by atoms with Crippen molar-refractivity contribution in [3.05, 3.63) is 65.2 Å². The molecule has 3 heteroatoms. The number of hydrogen-bond donors (Lipinski definition) is 1. The topological polar surface area (TPSA) is 38.3 Å². The minimum absolute atomic E-state index is 0.0189. The predicted molar refractivity (Wildman–Crippen MR) is 105 cm³/mol. The molecule has 0 aliphatic carbocycles. The second-order valence-corrected chi connectivity index (χ2v) is 7.34. The number of hydrogen-bond acceptors (Lipinski definition) is 2. The van der Waals surface area contributed by atoms with Crippen molar-refractivity contribution in [2.45, 2.75) is 64.5 Å². The first-order valence-electron chi connectivity index (χ1n) is 9.68. The Hall–Kier alpha value is -2.29. The van der Waals surface area contributed by atoms with E-state index in [0.717, 1.165) is 37.0 Å². The summed E-state index contributed by atoms with van der Waals surface area (Å²) in [6.45, 7) is 6.40. The molecule has 1 heterocycles. The third kappa shape index (κ3) is 4.09. The lowest BCUT2D eigenvalue weighted by Crippen LogP contribution is -2.44. The van der Waals surface area contributed by atoms with Gasteiger partial charge in [0.25, 0.3) is 0 Å². The van der Waals surface area contributed by atoms with Crippen LogP contribution in [0.25, 0.3) is 0 Å². The van der Waals surface area contributed by atoms with Gasteiger partial charge in [-0.05, 0) is 37.8 Å². The van der Waals surface area contributed by atoms with Gasteiger partial charge in [0.2, 0.25) is 5.91 Å². The Morgan fingerprint density at radius 3 is 2.50 bits per heavy atom. The molecule has 0 spiro atoms. The van der Waals surface area contributed by atoms with E-state index in [-0.39, 0.29) is 17.6 Å². The van der Waals surface area contributed by atoms with E-state index in [2.05, 4.69) is 56.4 Å². The molecule has 3 rings (SSSR count). The Kier molecular flexibility index (Phi) is 5.65. The summed E-state index contributed by atoms with van der Waals surface area (Å²) in [5, 5.41) is 3.26. The Morgan fingerprint density at radius 2 is 1.81 bits per heavy atom. The minimum atomic E-state index is -0.191. The quantitative estimate of drug-likeness (QED) is 0.784. The van der Waals surface area contributed by atoms with Crippen molar-refractivity contribution in [2.75, 3.05) is 0 Å². The van der Waals surface area contributed by atoms with E-state index in [9.17, 15) is 4.79 Å². The molecule has 1 aliphatic heterocycles. The van der Waals surface area contributed by atoms with Crippen molar-refractivity contribution in [1.82, 2.24) is 5.32 Å². The maximum Gasteiger partial charge on any atom is 0.220 e. The SMILES string of the molecule is CCC1(CC)CC(NC(=O)CCc2ccc(C)cc2)c2ccccc2O1. The molecule has 0 bridgehead atoms. The first kappa shape index (κ1) is 18.5. The average molecular weight is 351 g/mol. The number of fused-ring (bicyclic) bond motifs is 1. The van der Waals surface area contributed by atoms with Crippen LogP contribution in [0.15, 0.2) is 48.5 Å². The molecule has 26 heavy (non-hydrogen) atoms. The predicted octanol–water partition coefficient (Wildman–Crippen LogP) is 5.13. The first-order valence-corrected chi connectivity index (χ1v) is 9.68. The number of para-hydroxylation sites is 1. The summed E-state index contributed by atoms with van der Waals surface area (Å²) in [5.74, 6) is 1.01. The van der Waals surface area contributed by atoms with Gasteiger partial charge in [-0.15, -0.1) is 0 Å². The highest BCUT2D eigenvalue weighted by Crippen LogP contribution is 2.42. The molecule has 2 aromatic carbocycles. The zero-order chi connectivity index (χ0) is 18.6. The summed E-state index contributed by atoms with van der Waals surface area (Å²) < 4.78 is 6.32. The van der Waals surface area contributed by atoms with Gasteiger partial charge >= 0.3 is 0 Å². The van der Waals surface area contributed by atoms with E-state index in [1.807, 2.05) is 18.2 Å². The van der Waals surface area contributed by atoms with Crippen molar-refractivity contribution < 1.29 is 9.53 Å². The van der Waals surface area contributed by atoms with Crippen LogP contribution in [-0.4, -0.2) is 11.5 Å². The van der Waals surface area contributed by atoms with E-state index in [0.29, 0.717) is 6.42 Å². The lowest BCUT2D eigenvalue weighted by molar-refractivity contribution is -0.122. The molecule has 2 aromatic rings. The van der Waals surface area contributed by atoms with E-state index in [4.69, 9.17) is 4.74 Å². The lowest BCUT2D eigenvalue weighted by atomic mass is 9.83. The molecule has 3 nitrogen and oxygen atoms in total. The normalized spacial score (nSPS) is 17.9. The largest absolute Gasteiger partial charge is 0.487 e. The fourth-order valence-corrected chi connectivity index (χ4v) is 3.71. The molecule has 1 unspecified atom stereocenters. The summed E-state index contributed by atoms with van der Waals surface area (Å²) in [4.78, 5) is 12.6. The van der Waals surface area contributed by atoms with Crippen LogP contribution in [0, 0.1) is 6.92 Å². The smallest absolute Gasteiger partial charge is 0.220 e. The van der Waals surface area contributed by atoms with Crippen LogP contribution in [0.3, 0.4) is 0 Å². The Bertz CT molecular complexity index is 747. The lowest BCUT2D eigenvalue weighted by Gasteiger charge is -2.41. The van der Waals surface area contributed by atoms with Crippen molar-refractivity contribution in [3.63, 3.8) is 0 Å². The van der Waals surface area contributed by atoms with Crippen LogP contribution in [0.1, 0.15) is 62.3 Å². The number of carbonyl (C=O) groups excluding carboxylic acids is 1. The second kappa shape index (κ2) is 7.94. The number of amides is 1. The van der Waals surface area contributed by atoms with E-state index >= 15 is 0 Å². The van der Waals surface area contributed by atoms with E-state index < -0.39 is 0 Å². The standard InChI is InChI=1S/C23H29NO2/c1-4-23(5-2)16-20(19-8-6-7-9-21(19)26-23)24-22(25)15-14-18-12-10-17(3)11-13-18/h6-13,20H,4-5,14-16H2,1-3H3,(H,24,25). The first-order chi connectivity index (χ1) is 12.5. The van der Waals surface area contributed by atoms with Gasteiger partial charge in [0.05, 0.1) is 6.04 Å². The van der Waals surface area contributed by atoms with Crippen molar-refractivity contribution >= 4 is 5.91 Å². The summed E-state index contributed by atoms with van der Waals surface area (Å²) in [7, 11) is 0. The maximum atomic E-state index is 12.6. The van der Waals surface area contributed by atoms with Crippen LogP contribution >= 0.6 is 0 Å². The van der Waals surface area contributed by atoms with Gasteiger partial charge in [0.15, 0.2) is 0 Å². The van der Waals surface area contributed by atoms with Gasteiger partial charge in [-0.1, -0.05) is 61.9 Å². The molecule has 0 saturated carbocycles. The highest BCUT2D eigenvalue weighted by molar-refractivity contribution is 5.77. The van der Waals surface area contributed by atoms with Crippen LogP contribution in [-0.2, 0) is 11.2 Å². The number of nitrogens with one attached hydrogen (secondary N) is 1. The van der Waals surface area contributed by atoms with Gasteiger partial charge in [-0.3, -0.25) is 4.79 Å². The van der Waals surface area contributed by atoms with Crippen molar-refractivity contribution in [2.24, 2.45) is 0 Å². The molecule has 1 amide bonds. The zero-order valence-corrected chi connectivity index (χ0v) is 16.0. The number of aryl methyl sites for hydroxylation is 2. The third-order valence-corrected chi connectivity index (χ3v) is 5.58. The molecule has 138 valence electrons. The molecular weight excluding hydrogens is 322 g/mol. The highest BCUT2D eigenvalue weighted by atomic mass is 16.5. The van der Waals surface area contributed by atoms with Crippen LogP contribution in [0.5, 0.6) is 5.75 Å². The van der Waals surface area contributed by atoms with E-state index in [1.165, 1.54) is 11.1 Å². The van der Waals surface area contributed by atoms with Crippen molar-refractivity contribution in [1.29, 1.82) is 0 Å². The third-order valence-electron chi connectivity index (χ3n) is 5.58. The molecule has 0 fully saturated rings. The Balaban J connectivity index is 1.69. The zero-order valence-electron chi connectivity index (χ0n) is 16.0. The Labute approximate surface area is 156 Å². The van der Waals surface area contributed by atoms with Crippen LogP contribution in [0.4, 0.5) is 0 Å². The molecule has 1 N–H and O–H groups in total. The van der Waals surface area contributed by atoms with E-state index in [1.54, 1.807) is 0 Å². The van der Waals surface area contributed by atoms with Gasteiger partial charge in [-0.25, -0.2) is 0 Å². The van der Waals surface area contributed by atoms with Gasteiger partial charge in [0.1, 0.15) is 11.4 Å². The minimum Gasteiger partial charge on any atom is -0.487 e. The number of carbonyl (C=O) groups is 1. The second-order valence-electron chi connectivity index (χ2n) is 7.34. The Morgan fingerprint density at radius 1 is 1.12 bits per heavy atom. The summed E-state index contributed by atoms with van der Waals surface area (Å²) in [6, 6.07) is 16.5. The number of rotatable bonds is 6. The summed E-state index contributed by atoms with van der Waals surface area (Å²) >= 11 is 0. The summed E-state index contributed by atoms with van der Waals surface area (Å²) in [5.41, 5.74) is 3.35. The molecule has 0 aromatic heterocycles. The monoisotopic (exact) mass is 351 g/mol. The fourth-order valence-electron chi connectivity index (χ4n) is 3.71. The number of benzene rings is 2. The highest BCUT2D eigenvalue weighted by Gasteiger charge is 2.38. The van der Waals surface area contributed by atoms with Gasteiger partial charge in [0, 0.05) is 18.4 Å². The molecule has 1 aliphatic rings. The molecule has 0 saturated heterocycles. The average Bonchev–Trinajstić information content (AvgIpc) is 2.67. The summed E-state index contributed by atoms with van der Waals surface area (Å²) in [6.07, 6.45) is 3.98. The molecular formula is C23H29NO2. The van der Waals surface area contributed by atoms with Crippen LogP contribution < -0.4 is 10.1 Å². The van der Waals surface area contributed by atoms with Crippen molar-refractivity contribution in [3.8, 4) is 5.75 Å². The fraction of sp³-hybridized carbons (Fsp3) is 0.435. The number of ether oxygens (including phenoxy) is 1. The van der Waals surface area contributed by atoms with Gasteiger partial charge < -0.3 is 10.1 Å². The van der Waals surface area contributed by atoms with Gasteiger partial charge in [-0.2, -0.15) is 0 Å².